The van der Waals surface area contributed by atoms with E-state index in [1.165, 1.54) is 5.92 Å². The van der Waals surface area contributed by atoms with Crippen molar-refractivity contribution < 1.29 is 22.2 Å². The molecule has 0 spiro atoms. The SMILES string of the molecule is CN(CCO)C(=[Se])[C]1[CH][CH][CH][CH]1.[CH]1[CH][CH][CH][CH]1.[Fe+2]. The Morgan fingerprint density at radius 3 is 1.89 bits per heavy atom. The second kappa shape index (κ2) is 11.5. The number of likely N-dealkylation sites (N-methyl/N-ethyl adjacent to an activating group) is 1. The molecule has 18 heavy (non-hydrogen) atoms. The van der Waals surface area contributed by atoms with Crippen LogP contribution in [0.25, 0.3) is 0 Å². The molecule has 0 atom stereocenters. The van der Waals surface area contributed by atoms with Crippen LogP contribution in [0.15, 0.2) is 0 Å². The van der Waals surface area contributed by atoms with E-state index in [1.807, 2.05) is 69.7 Å². The van der Waals surface area contributed by atoms with Crippen LogP contribution in [-0.4, -0.2) is 50.3 Å². The van der Waals surface area contributed by atoms with Gasteiger partial charge in [-0.15, -0.1) is 0 Å². The molecule has 2 saturated carbocycles. The zero-order chi connectivity index (χ0) is 12.5. The fraction of sp³-hybridized carbons (Fsp3) is 0.214. The van der Waals surface area contributed by atoms with E-state index in [1.54, 1.807) is 0 Å². The summed E-state index contributed by atoms with van der Waals surface area (Å²) in [6.07, 6.45) is 18.1. The predicted octanol–water partition coefficient (Wildman–Crippen LogP) is 0.633. The molecular formula is C14H17FeNOSe+2. The third kappa shape index (κ3) is 7.31. The minimum absolute atomic E-state index is 0. The second-order valence-corrected chi connectivity index (χ2v) is 4.40. The van der Waals surface area contributed by atoms with Crippen LogP contribution in [0.1, 0.15) is 0 Å². The van der Waals surface area contributed by atoms with Gasteiger partial charge in [0.25, 0.3) is 0 Å². The molecule has 0 aromatic heterocycles. The average Bonchev–Trinajstić information content (AvgIpc) is 3.04. The number of aliphatic hydroxyl groups is 1. The van der Waals surface area contributed by atoms with Crippen molar-refractivity contribution in [1.82, 2.24) is 4.90 Å². The maximum atomic E-state index is 8.71. The van der Waals surface area contributed by atoms with Gasteiger partial charge in [-0.2, -0.15) is 0 Å². The van der Waals surface area contributed by atoms with Gasteiger partial charge in [0.2, 0.25) is 0 Å². The summed E-state index contributed by atoms with van der Waals surface area (Å²) >= 11 is 3.00. The van der Waals surface area contributed by atoms with Gasteiger partial charge < -0.3 is 0 Å². The number of aliphatic hydroxyl groups excluding tert-OH is 1. The van der Waals surface area contributed by atoms with Crippen molar-refractivity contribution in [1.29, 1.82) is 0 Å². The van der Waals surface area contributed by atoms with E-state index < -0.39 is 0 Å². The molecule has 2 aliphatic carbocycles. The van der Waals surface area contributed by atoms with Crippen LogP contribution < -0.4 is 0 Å². The van der Waals surface area contributed by atoms with E-state index in [4.69, 9.17) is 5.11 Å². The zero-order valence-corrected chi connectivity index (χ0v) is 13.1. The first-order valence-electron chi connectivity index (χ1n) is 5.50. The largest absolute Gasteiger partial charge is 2.00 e. The summed E-state index contributed by atoms with van der Waals surface area (Å²) in [7, 11) is 1.95. The number of rotatable bonds is 4. The van der Waals surface area contributed by atoms with Gasteiger partial charge in [-0.05, 0) is 32.1 Å². The zero-order valence-electron chi connectivity index (χ0n) is 10.3. The Labute approximate surface area is 131 Å². The van der Waals surface area contributed by atoms with Gasteiger partial charge in [-0.3, -0.25) is 0 Å². The molecule has 1 N–H and O–H groups in total. The van der Waals surface area contributed by atoms with E-state index in [-0.39, 0.29) is 23.7 Å². The first-order valence-corrected chi connectivity index (χ1v) is 6.36. The first-order chi connectivity index (χ1) is 8.25. The molecule has 0 saturated heterocycles. The van der Waals surface area contributed by atoms with Gasteiger partial charge in [0, 0.05) is 0 Å². The van der Waals surface area contributed by atoms with E-state index in [0.717, 1.165) is 4.54 Å². The van der Waals surface area contributed by atoms with E-state index in [2.05, 4.69) is 15.6 Å². The average molecular weight is 350 g/mol. The predicted molar refractivity (Wildman–Crippen MR) is 72.4 cm³/mol. The topological polar surface area (TPSA) is 23.5 Å². The minimum atomic E-state index is 0. The molecule has 0 bridgehead atoms. The Hall–Kier alpha value is 0.669. The smallest absolute Gasteiger partial charge is 0.0312 e. The molecule has 10 radical (unpaired) electrons. The van der Waals surface area contributed by atoms with Gasteiger partial charge in [-0.1, -0.05) is 0 Å². The summed E-state index contributed by atoms with van der Waals surface area (Å²) in [6.45, 7) is 0.843. The quantitative estimate of drug-likeness (QED) is 0.753. The van der Waals surface area contributed by atoms with Crippen LogP contribution in [0.5, 0.6) is 0 Å². The standard InChI is InChI=1S/C9H12NOSe.C5H5.Fe/c1-10(6-7-11)9(12)8-4-2-3-5-8;1-2-4-5-3-1;/h2-5,11H,6-7H2,1H3;1-5H;/q;;+2. The Kier molecular flexibility index (Phi) is 11.9. The molecule has 2 fully saturated rings. The molecule has 2 rings (SSSR count). The summed E-state index contributed by atoms with van der Waals surface area (Å²) in [6, 6.07) is 0. The van der Waals surface area contributed by atoms with Crippen LogP contribution in [-0.2, 0) is 17.1 Å². The fourth-order valence-corrected chi connectivity index (χ4v) is 1.79. The Morgan fingerprint density at radius 2 is 1.50 bits per heavy atom. The summed E-state index contributed by atoms with van der Waals surface area (Å²) in [5.41, 5.74) is 0. The Morgan fingerprint density at radius 1 is 1.06 bits per heavy atom. The van der Waals surface area contributed by atoms with Crippen molar-refractivity contribution in [2.24, 2.45) is 0 Å². The van der Waals surface area contributed by atoms with Gasteiger partial charge in [0.05, 0.1) is 0 Å². The van der Waals surface area contributed by atoms with Gasteiger partial charge >= 0.3 is 99.0 Å². The van der Waals surface area contributed by atoms with E-state index in [0.29, 0.717) is 6.54 Å². The minimum Gasteiger partial charge on any atom is -0.0312 e. The van der Waals surface area contributed by atoms with Crippen molar-refractivity contribution in [2.75, 3.05) is 20.2 Å². The van der Waals surface area contributed by atoms with Crippen LogP contribution in [0.4, 0.5) is 0 Å². The van der Waals surface area contributed by atoms with Crippen molar-refractivity contribution in [3.8, 4) is 0 Å². The summed E-state index contributed by atoms with van der Waals surface area (Å²) < 4.78 is 1.08. The molecular weight excluding hydrogens is 333 g/mol. The van der Waals surface area contributed by atoms with Crippen molar-refractivity contribution in [2.45, 2.75) is 0 Å². The van der Waals surface area contributed by atoms with Gasteiger partial charge in [0.15, 0.2) is 0 Å². The van der Waals surface area contributed by atoms with E-state index in [9.17, 15) is 0 Å². The molecule has 0 aromatic rings. The molecule has 0 heterocycles. The third-order valence-corrected chi connectivity index (χ3v) is 3.40. The summed E-state index contributed by atoms with van der Waals surface area (Å²) in [4.78, 5) is 2.00. The van der Waals surface area contributed by atoms with Gasteiger partial charge in [-0.25, -0.2) is 0 Å². The van der Waals surface area contributed by atoms with Crippen LogP contribution in [0, 0.1) is 63.7 Å². The van der Waals surface area contributed by atoms with E-state index >= 15 is 0 Å². The summed E-state index contributed by atoms with van der Waals surface area (Å²) in [5, 5.41) is 8.71. The molecule has 0 aromatic carbocycles. The number of hydrogen-bond donors (Lipinski definition) is 1. The van der Waals surface area contributed by atoms with Crippen molar-refractivity contribution in [3.63, 3.8) is 0 Å². The van der Waals surface area contributed by atoms with Crippen LogP contribution in [0.3, 0.4) is 0 Å². The maximum absolute atomic E-state index is 8.71. The van der Waals surface area contributed by atoms with Crippen LogP contribution >= 0.6 is 0 Å². The molecule has 0 amide bonds. The second-order valence-electron chi connectivity index (χ2n) is 3.59. The normalized spacial score (nSPS) is 18.8. The number of nitrogens with zero attached hydrogens (tertiary/aromatic N) is 1. The third-order valence-electron chi connectivity index (χ3n) is 2.25. The maximum Gasteiger partial charge on any atom is 2.00 e. The van der Waals surface area contributed by atoms with Crippen molar-refractivity contribution in [3.05, 3.63) is 63.7 Å². The van der Waals surface area contributed by atoms with Gasteiger partial charge in [0.1, 0.15) is 0 Å². The Balaban J connectivity index is 0.000000405. The first kappa shape index (κ1) is 18.7. The molecule has 0 unspecified atom stereocenters. The molecule has 0 aliphatic heterocycles. The number of hydrogen-bond acceptors (Lipinski definition) is 2. The van der Waals surface area contributed by atoms with Crippen molar-refractivity contribution >= 4 is 20.1 Å². The van der Waals surface area contributed by atoms with Crippen LogP contribution in [0.2, 0.25) is 0 Å². The molecule has 2 aliphatic rings. The monoisotopic (exact) mass is 351 g/mol. The Bertz CT molecular complexity index is 208. The molecule has 2 nitrogen and oxygen atoms in total. The summed E-state index contributed by atoms with van der Waals surface area (Å²) in [5.74, 6) is 1.17. The molecule has 4 heteroatoms. The fourth-order valence-electron chi connectivity index (χ4n) is 1.31. The molecule has 96 valence electrons.